The smallest absolute Gasteiger partial charge is 0.147 e. The van der Waals surface area contributed by atoms with E-state index in [4.69, 9.17) is 0 Å². The van der Waals surface area contributed by atoms with Gasteiger partial charge in [0.25, 0.3) is 0 Å². The summed E-state index contributed by atoms with van der Waals surface area (Å²) < 4.78 is 20.8. The number of carbonyl (C=O) groups is 1. The predicted molar refractivity (Wildman–Crippen MR) is 45.4 cm³/mol. The molecule has 12 heavy (non-hydrogen) atoms. The molecule has 70 valence electrons. The van der Waals surface area contributed by atoms with E-state index in [0.717, 1.165) is 19.3 Å². The summed E-state index contributed by atoms with van der Waals surface area (Å²) in [6.45, 7) is 1.38. The molecular formula is C8H13O3S-. The fourth-order valence-electron chi connectivity index (χ4n) is 1.76. The van der Waals surface area contributed by atoms with Crippen LogP contribution in [0.4, 0.5) is 0 Å². The lowest BCUT2D eigenvalue weighted by molar-refractivity contribution is -0.120. The highest BCUT2D eigenvalue weighted by molar-refractivity contribution is 7.81. The molecule has 0 radical (unpaired) electrons. The Kier molecular flexibility index (Phi) is 3.01. The van der Waals surface area contributed by atoms with Gasteiger partial charge in [0.05, 0.1) is 4.75 Å². The first-order valence-electron chi connectivity index (χ1n) is 4.20. The zero-order valence-corrected chi connectivity index (χ0v) is 7.99. The van der Waals surface area contributed by atoms with Gasteiger partial charge in [-0.3, -0.25) is 9.00 Å². The third kappa shape index (κ3) is 1.59. The summed E-state index contributed by atoms with van der Waals surface area (Å²) in [5.74, 6) is -0.199. The van der Waals surface area contributed by atoms with Crippen molar-refractivity contribution in [3.63, 3.8) is 0 Å². The molecule has 0 N–H and O–H groups in total. The molecule has 1 rings (SSSR count). The van der Waals surface area contributed by atoms with E-state index in [1.54, 1.807) is 0 Å². The number of ketones is 1. The SMILES string of the molecule is CC(=O)C1(S(=O)[O-])CCCCC1. The summed E-state index contributed by atoms with van der Waals surface area (Å²) in [5, 5.41) is 0. The Bertz CT molecular complexity index is 190. The summed E-state index contributed by atoms with van der Waals surface area (Å²) in [7, 11) is 0. The first-order chi connectivity index (χ1) is 5.59. The Balaban J connectivity index is 2.84. The van der Waals surface area contributed by atoms with Crippen molar-refractivity contribution in [2.45, 2.75) is 43.8 Å². The Hall–Kier alpha value is -0.220. The number of Topliss-reactive ketones (excluding diaryl/α,β-unsaturated/α-hetero) is 1. The summed E-state index contributed by atoms with van der Waals surface area (Å²) in [5.41, 5.74) is 0. The van der Waals surface area contributed by atoms with Crippen molar-refractivity contribution >= 4 is 16.9 Å². The van der Waals surface area contributed by atoms with E-state index < -0.39 is 15.8 Å². The molecule has 0 aromatic rings. The van der Waals surface area contributed by atoms with Crippen LogP contribution in [0.15, 0.2) is 0 Å². The molecule has 0 aromatic heterocycles. The number of rotatable bonds is 2. The van der Waals surface area contributed by atoms with Gasteiger partial charge in [-0.25, -0.2) is 0 Å². The van der Waals surface area contributed by atoms with Crippen LogP contribution in [0.25, 0.3) is 0 Å². The van der Waals surface area contributed by atoms with E-state index in [1.165, 1.54) is 6.92 Å². The molecule has 0 aliphatic heterocycles. The van der Waals surface area contributed by atoms with Crippen molar-refractivity contribution in [2.75, 3.05) is 0 Å². The van der Waals surface area contributed by atoms with Gasteiger partial charge in [0, 0.05) is 0 Å². The van der Waals surface area contributed by atoms with Crippen molar-refractivity contribution in [1.29, 1.82) is 0 Å². The second-order valence-corrected chi connectivity index (χ2v) is 4.60. The molecule has 0 amide bonds. The first-order valence-corrected chi connectivity index (χ1v) is 5.27. The lowest BCUT2D eigenvalue weighted by atomic mass is 9.86. The first kappa shape index (κ1) is 9.86. The van der Waals surface area contributed by atoms with Crippen molar-refractivity contribution in [1.82, 2.24) is 0 Å². The van der Waals surface area contributed by atoms with Crippen LogP contribution in [0.3, 0.4) is 0 Å². The van der Waals surface area contributed by atoms with Gasteiger partial charge in [0.15, 0.2) is 0 Å². The zero-order valence-electron chi connectivity index (χ0n) is 7.17. The van der Waals surface area contributed by atoms with E-state index in [9.17, 15) is 13.6 Å². The summed E-state index contributed by atoms with van der Waals surface area (Å²) >= 11 is -2.24. The molecule has 1 aliphatic rings. The van der Waals surface area contributed by atoms with Crippen molar-refractivity contribution in [3.05, 3.63) is 0 Å². The maximum Gasteiger partial charge on any atom is 0.147 e. The van der Waals surface area contributed by atoms with Crippen LogP contribution >= 0.6 is 0 Å². The largest absolute Gasteiger partial charge is 0.772 e. The van der Waals surface area contributed by atoms with Gasteiger partial charge in [-0.1, -0.05) is 19.3 Å². The maximum absolute atomic E-state index is 11.2. The molecule has 1 saturated carbocycles. The molecule has 3 nitrogen and oxygen atoms in total. The topological polar surface area (TPSA) is 57.2 Å². The van der Waals surface area contributed by atoms with Crippen molar-refractivity contribution < 1.29 is 13.6 Å². The third-order valence-corrected chi connectivity index (χ3v) is 3.96. The second-order valence-electron chi connectivity index (χ2n) is 3.35. The maximum atomic E-state index is 11.2. The minimum Gasteiger partial charge on any atom is -0.772 e. The van der Waals surface area contributed by atoms with E-state index in [-0.39, 0.29) is 5.78 Å². The minimum absolute atomic E-state index is 0.199. The summed E-state index contributed by atoms with van der Waals surface area (Å²) in [6, 6.07) is 0. The van der Waals surface area contributed by atoms with Crippen LogP contribution in [-0.4, -0.2) is 19.3 Å². The molecule has 0 saturated heterocycles. The Morgan fingerprint density at radius 2 is 1.83 bits per heavy atom. The fourth-order valence-corrected chi connectivity index (χ4v) is 2.62. The monoisotopic (exact) mass is 189 g/mol. The molecular weight excluding hydrogens is 176 g/mol. The van der Waals surface area contributed by atoms with Gasteiger partial charge in [-0.05, 0) is 30.8 Å². The molecule has 1 aliphatic carbocycles. The van der Waals surface area contributed by atoms with Gasteiger partial charge in [-0.15, -0.1) is 0 Å². The normalized spacial score (nSPS) is 24.8. The molecule has 0 heterocycles. The van der Waals surface area contributed by atoms with Crippen LogP contribution < -0.4 is 0 Å². The highest BCUT2D eigenvalue weighted by Gasteiger charge is 2.37. The average Bonchev–Trinajstić information content (AvgIpc) is 2.05. The second kappa shape index (κ2) is 3.66. The van der Waals surface area contributed by atoms with E-state index in [0.29, 0.717) is 12.8 Å². The Labute approximate surface area is 74.8 Å². The van der Waals surface area contributed by atoms with Crippen molar-refractivity contribution in [3.8, 4) is 0 Å². The lowest BCUT2D eigenvalue weighted by Gasteiger charge is -2.36. The van der Waals surface area contributed by atoms with E-state index >= 15 is 0 Å². The zero-order chi connectivity index (χ0) is 9.19. The van der Waals surface area contributed by atoms with Gasteiger partial charge in [0.1, 0.15) is 5.78 Å². The molecule has 1 fully saturated rings. The molecule has 0 bridgehead atoms. The molecule has 0 spiro atoms. The van der Waals surface area contributed by atoms with Crippen LogP contribution in [0.2, 0.25) is 0 Å². The van der Waals surface area contributed by atoms with Crippen LogP contribution in [0, 0.1) is 0 Å². The van der Waals surface area contributed by atoms with Gasteiger partial charge >= 0.3 is 0 Å². The highest BCUT2D eigenvalue weighted by Crippen LogP contribution is 2.33. The lowest BCUT2D eigenvalue weighted by Crippen LogP contribution is -2.43. The molecule has 4 heteroatoms. The molecule has 1 atom stereocenters. The van der Waals surface area contributed by atoms with Crippen LogP contribution in [-0.2, 0) is 15.9 Å². The van der Waals surface area contributed by atoms with Gasteiger partial charge < -0.3 is 4.55 Å². The highest BCUT2D eigenvalue weighted by atomic mass is 32.2. The number of hydrogen-bond donors (Lipinski definition) is 0. The van der Waals surface area contributed by atoms with Crippen LogP contribution in [0.5, 0.6) is 0 Å². The quantitative estimate of drug-likeness (QED) is 0.612. The Morgan fingerprint density at radius 3 is 2.08 bits per heavy atom. The predicted octanol–water partition coefficient (Wildman–Crippen LogP) is 1.16. The summed E-state index contributed by atoms with van der Waals surface area (Å²) in [6.07, 6.45) is 3.78. The number of carbonyl (C=O) groups excluding carboxylic acids is 1. The summed E-state index contributed by atoms with van der Waals surface area (Å²) in [4.78, 5) is 11.2. The molecule has 1 unspecified atom stereocenters. The third-order valence-electron chi connectivity index (χ3n) is 2.62. The Morgan fingerprint density at radius 1 is 1.33 bits per heavy atom. The average molecular weight is 189 g/mol. The van der Waals surface area contributed by atoms with Crippen LogP contribution in [0.1, 0.15) is 39.0 Å². The standard InChI is InChI=1S/C8H14O3S/c1-7(9)8(12(10)11)5-3-2-4-6-8/h2-6H2,1H3,(H,10,11)/p-1. The van der Waals surface area contributed by atoms with Gasteiger partial charge in [0.2, 0.25) is 0 Å². The van der Waals surface area contributed by atoms with E-state index in [1.807, 2.05) is 0 Å². The van der Waals surface area contributed by atoms with Gasteiger partial charge in [-0.2, -0.15) is 0 Å². The molecule has 0 aromatic carbocycles. The fraction of sp³-hybridized carbons (Fsp3) is 0.875. The van der Waals surface area contributed by atoms with E-state index in [2.05, 4.69) is 0 Å². The minimum atomic E-state index is -2.24. The van der Waals surface area contributed by atoms with Crippen molar-refractivity contribution in [2.24, 2.45) is 0 Å². The number of hydrogen-bond acceptors (Lipinski definition) is 3.